The highest BCUT2D eigenvalue weighted by molar-refractivity contribution is 7.18. The highest BCUT2D eigenvalue weighted by atomic mass is 35.5. The Morgan fingerprint density at radius 2 is 2.08 bits per heavy atom. The van der Waals surface area contributed by atoms with Crippen molar-refractivity contribution in [3.8, 4) is 6.01 Å². The number of hydrogen-bond donors (Lipinski definition) is 2. The van der Waals surface area contributed by atoms with E-state index in [1.807, 2.05) is 30.3 Å². The van der Waals surface area contributed by atoms with E-state index in [0.29, 0.717) is 16.1 Å². The molecule has 0 radical (unpaired) electrons. The molecule has 0 saturated carbocycles. The number of hydrazine groups is 1. The van der Waals surface area contributed by atoms with Crippen LogP contribution in [0.2, 0.25) is 5.02 Å². The van der Waals surface area contributed by atoms with Crippen molar-refractivity contribution in [2.45, 2.75) is 6.61 Å². The summed E-state index contributed by atoms with van der Waals surface area (Å²) < 4.78 is 8.50. The van der Waals surface area contributed by atoms with E-state index in [1.165, 1.54) is 9.58 Å². The Balaban J connectivity index is 1.72. The molecule has 2 aromatic heterocycles. The number of hydrogen-bond acceptors (Lipinski definition) is 6. The summed E-state index contributed by atoms with van der Waals surface area (Å²) in [5.41, 5.74) is 2.14. The monoisotopic (exact) mass is 386 g/mol. The molecule has 0 bridgehead atoms. The molecule has 132 valence electrons. The van der Waals surface area contributed by atoms with Gasteiger partial charge in [0.1, 0.15) is 17.1 Å². The van der Waals surface area contributed by atoms with E-state index in [-0.39, 0.29) is 18.6 Å². The van der Waals surface area contributed by atoms with Crippen LogP contribution in [0.3, 0.4) is 0 Å². The van der Waals surface area contributed by atoms with Crippen LogP contribution < -0.4 is 10.6 Å². The molecule has 0 aliphatic carbocycles. The van der Waals surface area contributed by atoms with Gasteiger partial charge in [0, 0.05) is 7.05 Å². The number of fused-ring (bicyclic) bond motifs is 2. The third kappa shape index (κ3) is 2.88. The van der Waals surface area contributed by atoms with Crippen LogP contribution in [0, 0.1) is 5.41 Å². The van der Waals surface area contributed by atoms with E-state index in [0.717, 1.165) is 15.2 Å². The zero-order valence-electron chi connectivity index (χ0n) is 13.8. The largest absolute Gasteiger partial charge is 0.457 e. The quantitative estimate of drug-likeness (QED) is 0.243. The van der Waals surface area contributed by atoms with Gasteiger partial charge in [-0.25, -0.2) is 15.4 Å². The van der Waals surface area contributed by atoms with Crippen LogP contribution in [0.1, 0.15) is 5.01 Å². The first-order valence-electron chi connectivity index (χ1n) is 7.76. The molecule has 3 N–H and O–H groups in total. The van der Waals surface area contributed by atoms with Gasteiger partial charge in [-0.3, -0.25) is 10.4 Å². The number of thiazole rings is 1. The summed E-state index contributed by atoms with van der Waals surface area (Å²) in [5, 5.41) is 10.7. The molecule has 9 heteroatoms. The zero-order valence-corrected chi connectivity index (χ0v) is 15.4. The minimum atomic E-state index is 0.0223. The lowest BCUT2D eigenvalue weighted by Crippen LogP contribution is -2.37. The summed E-state index contributed by atoms with van der Waals surface area (Å²) in [6.07, 6.45) is 0. The molecule has 0 amide bonds. The fourth-order valence-corrected chi connectivity index (χ4v) is 3.70. The molecule has 2 aromatic carbocycles. The summed E-state index contributed by atoms with van der Waals surface area (Å²) in [4.78, 5) is 9.00. The molecular weight excluding hydrogens is 372 g/mol. The van der Waals surface area contributed by atoms with Crippen molar-refractivity contribution >= 4 is 50.1 Å². The predicted molar refractivity (Wildman–Crippen MR) is 104 cm³/mol. The molecule has 0 aliphatic rings. The molecule has 7 nitrogen and oxygen atoms in total. The molecular formula is C17H15ClN6OS. The third-order valence-electron chi connectivity index (χ3n) is 3.81. The van der Waals surface area contributed by atoms with Crippen molar-refractivity contribution in [1.29, 1.82) is 5.41 Å². The van der Waals surface area contributed by atoms with Crippen molar-refractivity contribution in [2.24, 2.45) is 5.84 Å². The summed E-state index contributed by atoms with van der Waals surface area (Å²) >= 11 is 7.80. The molecule has 0 aliphatic heterocycles. The van der Waals surface area contributed by atoms with Crippen molar-refractivity contribution in [3.63, 3.8) is 0 Å². The molecule has 0 fully saturated rings. The smallest absolute Gasteiger partial charge is 0.305 e. The van der Waals surface area contributed by atoms with Crippen LogP contribution in [0.5, 0.6) is 6.01 Å². The van der Waals surface area contributed by atoms with E-state index < -0.39 is 0 Å². The number of rotatable bonds is 3. The highest BCUT2D eigenvalue weighted by Gasteiger charge is 2.19. The Morgan fingerprint density at radius 3 is 2.85 bits per heavy atom. The van der Waals surface area contributed by atoms with Gasteiger partial charge >= 0.3 is 6.01 Å². The number of nitrogens with two attached hydrogens (primary N) is 1. The number of ether oxygens (including phenoxy) is 1. The molecule has 4 aromatic rings. The second kappa shape index (κ2) is 6.56. The molecule has 0 atom stereocenters. The first-order valence-corrected chi connectivity index (χ1v) is 8.95. The van der Waals surface area contributed by atoms with Crippen molar-refractivity contribution in [2.75, 3.05) is 7.05 Å². The molecule has 2 heterocycles. The fraction of sp³-hybridized carbons (Fsp3) is 0.118. The van der Waals surface area contributed by atoms with Gasteiger partial charge in [0.05, 0.1) is 20.8 Å². The Bertz CT molecular complexity index is 1090. The number of imidazole rings is 1. The van der Waals surface area contributed by atoms with E-state index in [2.05, 4.69) is 9.97 Å². The lowest BCUT2D eigenvalue weighted by Gasteiger charge is -2.16. The van der Waals surface area contributed by atoms with Gasteiger partial charge in [0.2, 0.25) is 5.96 Å². The summed E-state index contributed by atoms with van der Waals surface area (Å²) in [6.45, 7) is 0.238. The standard InChI is InChI=1S/C17H15ClN6OS/c1-23(20)16(19)24-12-7-4-5-10(18)15(12)22-17(24)25-9-14-21-11-6-2-3-8-13(11)26-14/h2-8,19H,9,20H2,1H3. The van der Waals surface area contributed by atoms with E-state index in [9.17, 15) is 0 Å². The maximum absolute atomic E-state index is 8.25. The SMILES string of the molecule is CN(N)C(=N)n1c(OCc2nc3ccccc3s2)nc2c(Cl)cccc21. The van der Waals surface area contributed by atoms with Crippen LogP contribution >= 0.6 is 22.9 Å². The first-order chi connectivity index (χ1) is 12.5. The molecule has 0 saturated heterocycles. The fourth-order valence-electron chi connectivity index (χ4n) is 2.61. The molecule has 26 heavy (non-hydrogen) atoms. The van der Waals surface area contributed by atoms with E-state index in [1.54, 1.807) is 30.5 Å². The molecule has 0 unspecified atom stereocenters. The van der Waals surface area contributed by atoms with Gasteiger partial charge in [0.25, 0.3) is 0 Å². The number of halogens is 1. The normalized spacial score (nSPS) is 11.2. The summed E-state index contributed by atoms with van der Waals surface area (Å²) in [7, 11) is 1.58. The number of aromatic nitrogens is 3. The van der Waals surface area contributed by atoms with Gasteiger partial charge in [-0.15, -0.1) is 11.3 Å². The van der Waals surface area contributed by atoms with Gasteiger partial charge in [-0.05, 0) is 24.3 Å². The van der Waals surface area contributed by atoms with Crippen molar-refractivity contribution in [1.82, 2.24) is 19.5 Å². The minimum Gasteiger partial charge on any atom is -0.457 e. The Morgan fingerprint density at radius 1 is 1.27 bits per heavy atom. The molecule has 4 rings (SSSR count). The number of nitrogens with one attached hydrogen (secondary N) is 1. The minimum absolute atomic E-state index is 0.0223. The predicted octanol–water partition coefficient (Wildman–Crippen LogP) is 3.47. The van der Waals surface area contributed by atoms with Crippen molar-refractivity contribution in [3.05, 3.63) is 52.5 Å². The number of nitrogens with zero attached hydrogens (tertiary/aromatic N) is 4. The van der Waals surface area contributed by atoms with Crippen LogP contribution in [0.25, 0.3) is 21.3 Å². The van der Waals surface area contributed by atoms with E-state index >= 15 is 0 Å². The van der Waals surface area contributed by atoms with E-state index in [4.69, 9.17) is 27.6 Å². The van der Waals surface area contributed by atoms with Crippen LogP contribution in [0.4, 0.5) is 0 Å². The second-order valence-electron chi connectivity index (χ2n) is 5.64. The van der Waals surface area contributed by atoms with Gasteiger partial charge in [-0.1, -0.05) is 29.8 Å². The van der Waals surface area contributed by atoms with Gasteiger partial charge in [0.15, 0.2) is 0 Å². The van der Waals surface area contributed by atoms with Gasteiger partial charge < -0.3 is 4.74 Å². The lowest BCUT2D eigenvalue weighted by molar-refractivity contribution is 0.276. The third-order valence-corrected chi connectivity index (χ3v) is 5.13. The number of para-hydroxylation sites is 2. The second-order valence-corrected chi connectivity index (χ2v) is 7.16. The average molecular weight is 387 g/mol. The lowest BCUT2D eigenvalue weighted by atomic mass is 10.3. The Kier molecular flexibility index (Phi) is 4.23. The van der Waals surface area contributed by atoms with Crippen LogP contribution in [0.15, 0.2) is 42.5 Å². The summed E-state index contributed by atoms with van der Waals surface area (Å²) in [5.74, 6) is 5.77. The maximum atomic E-state index is 8.25. The highest BCUT2D eigenvalue weighted by Crippen LogP contribution is 2.28. The van der Waals surface area contributed by atoms with Gasteiger partial charge in [-0.2, -0.15) is 4.98 Å². The van der Waals surface area contributed by atoms with Crippen LogP contribution in [-0.4, -0.2) is 32.6 Å². The van der Waals surface area contributed by atoms with Crippen molar-refractivity contribution < 1.29 is 4.74 Å². The molecule has 0 spiro atoms. The van der Waals surface area contributed by atoms with Crippen LogP contribution in [-0.2, 0) is 6.61 Å². The summed E-state index contributed by atoms with van der Waals surface area (Å²) in [6, 6.07) is 13.5. The number of benzene rings is 2. The maximum Gasteiger partial charge on any atom is 0.305 e. The Hall–Kier alpha value is -2.68. The Labute approximate surface area is 158 Å². The zero-order chi connectivity index (χ0) is 18.3. The topological polar surface area (TPSA) is 93.0 Å². The first kappa shape index (κ1) is 16.8. The average Bonchev–Trinajstić information content (AvgIpc) is 3.20.